The molecule has 1 N–H and O–H groups in total. The molecular formula is C16H19FN4O3. The summed E-state index contributed by atoms with van der Waals surface area (Å²) in [4.78, 5) is 14.2. The van der Waals surface area contributed by atoms with Gasteiger partial charge in [0.15, 0.2) is 5.69 Å². The molecule has 1 aromatic heterocycles. The fourth-order valence-electron chi connectivity index (χ4n) is 2.95. The van der Waals surface area contributed by atoms with Crippen molar-refractivity contribution < 1.29 is 19.0 Å². The topological polar surface area (TPSA) is 80.5 Å². The zero-order valence-electron chi connectivity index (χ0n) is 13.5. The van der Waals surface area contributed by atoms with Gasteiger partial charge in [-0.15, -0.1) is 5.10 Å². The van der Waals surface area contributed by atoms with Crippen molar-refractivity contribution in [3.63, 3.8) is 0 Å². The van der Waals surface area contributed by atoms with Crippen LogP contribution in [0.4, 0.5) is 4.39 Å². The number of carbonyl (C=O) groups excluding carboxylic acids is 1. The Balaban J connectivity index is 1.83. The van der Waals surface area contributed by atoms with Crippen molar-refractivity contribution in [3.8, 4) is 5.69 Å². The lowest BCUT2D eigenvalue weighted by molar-refractivity contribution is 0.0642. The molecule has 1 aliphatic rings. The predicted molar refractivity (Wildman–Crippen MR) is 83.4 cm³/mol. The zero-order chi connectivity index (χ0) is 17.3. The quantitative estimate of drug-likeness (QED) is 0.900. The van der Waals surface area contributed by atoms with Gasteiger partial charge in [-0.05, 0) is 37.1 Å². The molecule has 2 heterocycles. The van der Waals surface area contributed by atoms with E-state index in [2.05, 4.69) is 10.3 Å². The average molecular weight is 334 g/mol. The van der Waals surface area contributed by atoms with E-state index in [1.54, 1.807) is 25.0 Å². The Kier molecular flexibility index (Phi) is 4.59. The number of likely N-dealkylation sites (tertiary alicyclic amines) is 1. The molecule has 0 unspecified atom stereocenters. The van der Waals surface area contributed by atoms with Gasteiger partial charge >= 0.3 is 0 Å². The summed E-state index contributed by atoms with van der Waals surface area (Å²) in [5.41, 5.74) is 1.39. The van der Waals surface area contributed by atoms with Crippen molar-refractivity contribution >= 4 is 5.91 Å². The van der Waals surface area contributed by atoms with Gasteiger partial charge in [-0.2, -0.15) is 0 Å². The fraction of sp³-hybridized carbons (Fsp3) is 0.438. The number of hydrogen-bond acceptors (Lipinski definition) is 5. The van der Waals surface area contributed by atoms with Crippen molar-refractivity contribution in [2.75, 3.05) is 20.3 Å². The van der Waals surface area contributed by atoms with E-state index in [0.29, 0.717) is 18.7 Å². The standard InChI is InChI=1S/C16H19FN4O3/c1-10-3-11(17)5-12(4-10)21-8-15(18-19-21)16(23)20-7-14(24-2)6-13(20)9-22/h3-5,8,13-14,22H,6-7,9H2,1-2H3/t13-,14+/m0/s1. The molecule has 1 aliphatic heterocycles. The molecule has 0 radical (unpaired) electrons. The lowest BCUT2D eigenvalue weighted by atomic mass is 10.2. The van der Waals surface area contributed by atoms with Gasteiger partial charge in [0.25, 0.3) is 5.91 Å². The van der Waals surface area contributed by atoms with Crippen molar-refractivity contribution in [2.45, 2.75) is 25.5 Å². The van der Waals surface area contributed by atoms with Crippen molar-refractivity contribution in [1.29, 1.82) is 0 Å². The van der Waals surface area contributed by atoms with E-state index in [4.69, 9.17) is 4.74 Å². The monoisotopic (exact) mass is 334 g/mol. The summed E-state index contributed by atoms with van der Waals surface area (Å²) < 4.78 is 20.2. The van der Waals surface area contributed by atoms with Crippen LogP contribution >= 0.6 is 0 Å². The van der Waals surface area contributed by atoms with Crippen molar-refractivity contribution in [3.05, 3.63) is 41.5 Å². The normalized spacial score (nSPS) is 20.6. The van der Waals surface area contributed by atoms with Crippen LogP contribution in [0.1, 0.15) is 22.5 Å². The van der Waals surface area contributed by atoms with Crippen molar-refractivity contribution in [2.24, 2.45) is 0 Å². The number of aliphatic hydroxyl groups excluding tert-OH is 1. The molecule has 8 heteroatoms. The number of hydrogen-bond donors (Lipinski definition) is 1. The molecule has 1 amide bonds. The number of rotatable bonds is 4. The second kappa shape index (κ2) is 6.66. The first-order chi connectivity index (χ1) is 11.5. The van der Waals surface area contributed by atoms with Gasteiger partial charge in [-0.25, -0.2) is 9.07 Å². The number of amides is 1. The van der Waals surface area contributed by atoms with Crippen LogP contribution in [0.3, 0.4) is 0 Å². The van der Waals surface area contributed by atoms with E-state index in [0.717, 1.165) is 5.56 Å². The molecule has 1 aromatic carbocycles. The Morgan fingerprint density at radius 3 is 2.92 bits per heavy atom. The number of nitrogens with zero attached hydrogens (tertiary/aromatic N) is 4. The van der Waals surface area contributed by atoms with Crippen LogP contribution in [0.25, 0.3) is 5.69 Å². The maximum atomic E-state index is 13.5. The molecule has 0 bridgehead atoms. The van der Waals surface area contributed by atoms with E-state index in [-0.39, 0.29) is 36.2 Å². The maximum Gasteiger partial charge on any atom is 0.276 e. The Labute approximate surface area is 138 Å². The highest BCUT2D eigenvalue weighted by Gasteiger charge is 2.36. The summed E-state index contributed by atoms with van der Waals surface area (Å²) in [5.74, 6) is -0.704. The zero-order valence-corrected chi connectivity index (χ0v) is 13.5. The Hall–Kier alpha value is -2.32. The minimum Gasteiger partial charge on any atom is -0.394 e. The first-order valence-corrected chi connectivity index (χ1v) is 7.66. The highest BCUT2D eigenvalue weighted by molar-refractivity contribution is 5.92. The maximum absolute atomic E-state index is 13.5. The molecule has 1 saturated heterocycles. The minimum absolute atomic E-state index is 0.105. The van der Waals surface area contributed by atoms with Crippen molar-refractivity contribution in [1.82, 2.24) is 19.9 Å². The average Bonchev–Trinajstić information content (AvgIpc) is 3.20. The van der Waals surface area contributed by atoms with Gasteiger partial charge in [0.1, 0.15) is 5.82 Å². The summed E-state index contributed by atoms with van der Waals surface area (Å²) in [5, 5.41) is 17.3. The first kappa shape index (κ1) is 16.5. The van der Waals surface area contributed by atoms with E-state index in [9.17, 15) is 14.3 Å². The Morgan fingerprint density at radius 1 is 1.46 bits per heavy atom. The third-order valence-corrected chi connectivity index (χ3v) is 4.18. The molecule has 0 saturated carbocycles. The number of aryl methyl sites for hydroxylation is 1. The minimum atomic E-state index is -0.379. The van der Waals surface area contributed by atoms with E-state index >= 15 is 0 Å². The highest BCUT2D eigenvalue weighted by atomic mass is 19.1. The smallest absolute Gasteiger partial charge is 0.276 e. The van der Waals surface area contributed by atoms with Crippen LogP contribution in [0.15, 0.2) is 24.4 Å². The number of carbonyl (C=O) groups is 1. The van der Waals surface area contributed by atoms with Gasteiger partial charge in [0, 0.05) is 13.7 Å². The second-order valence-corrected chi connectivity index (χ2v) is 5.92. The molecule has 2 atom stereocenters. The summed E-state index contributed by atoms with van der Waals surface area (Å²) in [6.45, 7) is 2.03. The summed E-state index contributed by atoms with van der Waals surface area (Å²) in [6.07, 6.45) is 1.94. The highest BCUT2D eigenvalue weighted by Crippen LogP contribution is 2.22. The van der Waals surface area contributed by atoms with Crippen LogP contribution in [0, 0.1) is 12.7 Å². The largest absolute Gasteiger partial charge is 0.394 e. The first-order valence-electron chi connectivity index (χ1n) is 7.66. The number of aliphatic hydroxyl groups is 1. The Bertz CT molecular complexity index is 728. The SMILES string of the molecule is CO[C@@H]1C[C@@H](CO)N(C(=O)c2cn(-c3cc(C)cc(F)c3)nn2)C1. The second-order valence-electron chi connectivity index (χ2n) is 5.92. The molecule has 0 aliphatic carbocycles. The van der Waals surface area contributed by atoms with E-state index in [1.807, 2.05) is 0 Å². The number of halogens is 1. The molecule has 0 spiro atoms. The molecule has 2 aromatic rings. The number of ether oxygens (including phenoxy) is 1. The van der Waals surface area contributed by atoms with Gasteiger partial charge in [-0.3, -0.25) is 4.79 Å². The Morgan fingerprint density at radius 2 is 2.25 bits per heavy atom. The summed E-state index contributed by atoms with van der Waals surface area (Å²) >= 11 is 0. The van der Waals surface area contributed by atoms with Gasteiger partial charge in [0.2, 0.25) is 0 Å². The van der Waals surface area contributed by atoms with E-state index < -0.39 is 0 Å². The lowest BCUT2D eigenvalue weighted by Gasteiger charge is -2.21. The van der Waals surface area contributed by atoms with Crippen LogP contribution in [-0.2, 0) is 4.74 Å². The number of benzene rings is 1. The number of methoxy groups -OCH3 is 1. The molecule has 24 heavy (non-hydrogen) atoms. The van der Waals surface area contributed by atoms with Crippen LogP contribution < -0.4 is 0 Å². The van der Waals surface area contributed by atoms with E-state index in [1.165, 1.54) is 23.0 Å². The van der Waals surface area contributed by atoms with Gasteiger partial charge in [-0.1, -0.05) is 5.21 Å². The molecule has 1 fully saturated rings. The predicted octanol–water partition coefficient (Wildman–Crippen LogP) is 0.937. The van der Waals surface area contributed by atoms with Crippen LogP contribution in [0.2, 0.25) is 0 Å². The van der Waals surface area contributed by atoms with Gasteiger partial charge < -0.3 is 14.7 Å². The van der Waals surface area contributed by atoms with Crippen LogP contribution in [-0.4, -0.2) is 63.3 Å². The molecular weight excluding hydrogens is 315 g/mol. The lowest BCUT2D eigenvalue weighted by Crippen LogP contribution is -2.38. The van der Waals surface area contributed by atoms with Gasteiger partial charge in [0.05, 0.1) is 30.6 Å². The third-order valence-electron chi connectivity index (χ3n) is 4.18. The summed E-state index contributed by atoms with van der Waals surface area (Å²) in [6, 6.07) is 4.18. The fourth-order valence-corrected chi connectivity index (χ4v) is 2.95. The number of aromatic nitrogens is 3. The third kappa shape index (κ3) is 3.15. The summed E-state index contributed by atoms with van der Waals surface area (Å²) in [7, 11) is 1.58. The molecule has 3 rings (SSSR count). The molecule has 128 valence electrons. The van der Waals surface area contributed by atoms with Crippen LogP contribution in [0.5, 0.6) is 0 Å². The molecule has 7 nitrogen and oxygen atoms in total.